The lowest BCUT2D eigenvalue weighted by atomic mass is 10.2. The third kappa shape index (κ3) is 4.33. The SMILES string of the molecule is COc1ccc(S(=O)(=O)N2CCSC2c2ccccc2OCc2ccccc2)cc1. The first-order valence-electron chi connectivity index (χ1n) is 9.63. The third-order valence-electron chi connectivity index (χ3n) is 4.94. The topological polar surface area (TPSA) is 55.8 Å². The number of para-hydroxylation sites is 1. The van der Waals surface area contributed by atoms with Crippen LogP contribution in [0.5, 0.6) is 11.5 Å². The van der Waals surface area contributed by atoms with Crippen LogP contribution in [0.2, 0.25) is 0 Å². The number of benzene rings is 3. The van der Waals surface area contributed by atoms with E-state index in [1.807, 2.05) is 54.6 Å². The van der Waals surface area contributed by atoms with Gasteiger partial charge < -0.3 is 9.47 Å². The van der Waals surface area contributed by atoms with Crippen molar-refractivity contribution in [3.05, 3.63) is 90.0 Å². The van der Waals surface area contributed by atoms with Crippen molar-refractivity contribution in [3.63, 3.8) is 0 Å². The van der Waals surface area contributed by atoms with Gasteiger partial charge in [0.05, 0.1) is 17.4 Å². The zero-order chi connectivity index (χ0) is 21.0. The Balaban J connectivity index is 1.60. The van der Waals surface area contributed by atoms with Gasteiger partial charge in [0.1, 0.15) is 18.1 Å². The molecule has 0 N–H and O–H groups in total. The maximum absolute atomic E-state index is 13.3. The van der Waals surface area contributed by atoms with Crippen LogP contribution in [-0.2, 0) is 16.6 Å². The Bertz CT molecular complexity index is 1090. The minimum Gasteiger partial charge on any atom is -0.497 e. The molecule has 1 atom stereocenters. The van der Waals surface area contributed by atoms with E-state index >= 15 is 0 Å². The number of methoxy groups -OCH3 is 1. The summed E-state index contributed by atoms with van der Waals surface area (Å²) in [5.41, 5.74) is 1.93. The first-order valence-corrected chi connectivity index (χ1v) is 12.1. The lowest BCUT2D eigenvalue weighted by molar-refractivity contribution is 0.298. The Morgan fingerprint density at radius 1 is 0.967 bits per heavy atom. The molecule has 0 aromatic heterocycles. The van der Waals surface area contributed by atoms with E-state index in [4.69, 9.17) is 9.47 Å². The summed E-state index contributed by atoms with van der Waals surface area (Å²) >= 11 is 1.61. The standard InChI is InChI=1S/C23H23NO4S2/c1-27-19-11-13-20(14-12-19)30(25,26)24-15-16-29-23(24)21-9-5-6-10-22(21)28-17-18-7-3-2-4-8-18/h2-14,23H,15-17H2,1H3. The van der Waals surface area contributed by atoms with Crippen molar-refractivity contribution in [1.29, 1.82) is 0 Å². The van der Waals surface area contributed by atoms with Gasteiger partial charge in [0.2, 0.25) is 10.0 Å². The Labute approximate surface area is 181 Å². The zero-order valence-electron chi connectivity index (χ0n) is 16.6. The van der Waals surface area contributed by atoms with Crippen molar-refractivity contribution in [1.82, 2.24) is 4.31 Å². The Morgan fingerprint density at radius 2 is 1.67 bits per heavy atom. The molecule has 0 bridgehead atoms. The lowest BCUT2D eigenvalue weighted by Crippen LogP contribution is -2.30. The highest BCUT2D eigenvalue weighted by atomic mass is 32.2. The summed E-state index contributed by atoms with van der Waals surface area (Å²) in [6.07, 6.45) is 0. The Morgan fingerprint density at radius 3 is 2.40 bits per heavy atom. The van der Waals surface area contributed by atoms with Gasteiger partial charge in [0.25, 0.3) is 0 Å². The molecule has 1 heterocycles. The number of ether oxygens (including phenoxy) is 2. The summed E-state index contributed by atoms with van der Waals surface area (Å²) in [5, 5.41) is -0.330. The molecule has 3 aromatic rings. The third-order valence-corrected chi connectivity index (χ3v) is 8.19. The van der Waals surface area contributed by atoms with Crippen LogP contribution >= 0.6 is 11.8 Å². The Kier molecular flexibility index (Phi) is 6.32. The van der Waals surface area contributed by atoms with Crippen LogP contribution in [0.25, 0.3) is 0 Å². The van der Waals surface area contributed by atoms with Crippen molar-refractivity contribution < 1.29 is 17.9 Å². The normalized spacial score (nSPS) is 17.0. The molecule has 1 aliphatic heterocycles. The fraction of sp³-hybridized carbons (Fsp3) is 0.217. The summed E-state index contributed by atoms with van der Waals surface area (Å²) in [6, 6.07) is 24.1. The van der Waals surface area contributed by atoms with Crippen LogP contribution in [0.3, 0.4) is 0 Å². The van der Waals surface area contributed by atoms with Crippen LogP contribution in [-0.4, -0.2) is 32.1 Å². The molecule has 1 aliphatic rings. The van der Waals surface area contributed by atoms with Crippen LogP contribution in [0.15, 0.2) is 83.8 Å². The average molecular weight is 442 g/mol. The number of thioether (sulfide) groups is 1. The summed E-state index contributed by atoms with van der Waals surface area (Å²) in [5.74, 6) is 2.06. The number of nitrogens with zero attached hydrogens (tertiary/aromatic N) is 1. The average Bonchev–Trinajstić information content (AvgIpc) is 3.29. The molecule has 1 unspecified atom stereocenters. The number of rotatable bonds is 7. The highest BCUT2D eigenvalue weighted by Gasteiger charge is 2.38. The van der Waals surface area contributed by atoms with E-state index in [2.05, 4.69) is 0 Å². The highest BCUT2D eigenvalue weighted by Crippen LogP contribution is 2.44. The van der Waals surface area contributed by atoms with E-state index in [1.54, 1.807) is 47.4 Å². The monoisotopic (exact) mass is 441 g/mol. The molecule has 0 aliphatic carbocycles. The smallest absolute Gasteiger partial charge is 0.244 e. The fourth-order valence-electron chi connectivity index (χ4n) is 3.38. The molecule has 30 heavy (non-hydrogen) atoms. The number of sulfonamides is 1. The second kappa shape index (κ2) is 9.12. The summed E-state index contributed by atoms with van der Waals surface area (Å²) in [4.78, 5) is 0.262. The van der Waals surface area contributed by atoms with Crippen LogP contribution in [0.1, 0.15) is 16.5 Å². The number of hydrogen-bond acceptors (Lipinski definition) is 5. The number of hydrogen-bond donors (Lipinski definition) is 0. The quantitative estimate of drug-likeness (QED) is 0.531. The van der Waals surface area contributed by atoms with Crippen molar-refractivity contribution >= 4 is 21.8 Å². The van der Waals surface area contributed by atoms with E-state index in [-0.39, 0.29) is 10.3 Å². The molecule has 0 saturated carbocycles. The predicted molar refractivity (Wildman–Crippen MR) is 119 cm³/mol. The maximum Gasteiger partial charge on any atom is 0.244 e. The van der Waals surface area contributed by atoms with Gasteiger partial charge in [-0.3, -0.25) is 0 Å². The summed E-state index contributed by atoms with van der Waals surface area (Å²) < 4.78 is 39.5. The molecule has 3 aromatic carbocycles. The van der Waals surface area contributed by atoms with Gasteiger partial charge in [-0.15, -0.1) is 11.8 Å². The molecular weight excluding hydrogens is 418 g/mol. The van der Waals surface area contributed by atoms with E-state index in [0.29, 0.717) is 24.7 Å². The first-order chi connectivity index (χ1) is 14.6. The van der Waals surface area contributed by atoms with Crippen molar-refractivity contribution in [2.24, 2.45) is 0 Å². The molecule has 4 rings (SSSR count). The van der Waals surface area contributed by atoms with Crippen molar-refractivity contribution in [3.8, 4) is 11.5 Å². The molecule has 0 radical (unpaired) electrons. The fourth-order valence-corrected chi connectivity index (χ4v) is 6.64. The van der Waals surface area contributed by atoms with E-state index in [0.717, 1.165) is 16.9 Å². The van der Waals surface area contributed by atoms with Crippen LogP contribution in [0.4, 0.5) is 0 Å². The second-order valence-corrected chi connectivity index (χ2v) is 9.91. The highest BCUT2D eigenvalue weighted by molar-refractivity contribution is 8.01. The van der Waals surface area contributed by atoms with Crippen LogP contribution < -0.4 is 9.47 Å². The van der Waals surface area contributed by atoms with E-state index < -0.39 is 10.0 Å². The summed E-state index contributed by atoms with van der Waals surface area (Å²) in [7, 11) is -2.08. The van der Waals surface area contributed by atoms with Crippen LogP contribution in [0, 0.1) is 0 Å². The molecule has 1 saturated heterocycles. The van der Waals surface area contributed by atoms with Crippen molar-refractivity contribution in [2.45, 2.75) is 16.9 Å². The predicted octanol–water partition coefficient (Wildman–Crippen LogP) is 4.71. The van der Waals surface area contributed by atoms with Gasteiger partial charge in [-0.25, -0.2) is 8.42 Å². The molecule has 156 valence electrons. The maximum atomic E-state index is 13.3. The largest absolute Gasteiger partial charge is 0.497 e. The van der Waals surface area contributed by atoms with Gasteiger partial charge in [0, 0.05) is 17.9 Å². The minimum atomic E-state index is -3.64. The van der Waals surface area contributed by atoms with E-state index in [1.165, 1.54) is 0 Å². The second-order valence-electron chi connectivity index (χ2n) is 6.83. The molecule has 0 amide bonds. The van der Waals surface area contributed by atoms with Gasteiger partial charge in [-0.2, -0.15) is 4.31 Å². The van der Waals surface area contributed by atoms with Gasteiger partial charge in [0.15, 0.2) is 0 Å². The van der Waals surface area contributed by atoms with Gasteiger partial charge in [-0.05, 0) is 35.9 Å². The van der Waals surface area contributed by atoms with Crippen molar-refractivity contribution in [2.75, 3.05) is 19.4 Å². The summed E-state index contributed by atoms with van der Waals surface area (Å²) in [6.45, 7) is 0.886. The first kappa shape index (κ1) is 20.8. The molecule has 0 spiro atoms. The van der Waals surface area contributed by atoms with Gasteiger partial charge in [-0.1, -0.05) is 48.5 Å². The molecule has 5 nitrogen and oxygen atoms in total. The Hall–Kier alpha value is -2.48. The molecule has 1 fully saturated rings. The molecular formula is C23H23NO4S2. The minimum absolute atomic E-state index is 0.262. The molecule has 7 heteroatoms. The lowest BCUT2D eigenvalue weighted by Gasteiger charge is -2.25. The zero-order valence-corrected chi connectivity index (χ0v) is 18.2. The van der Waals surface area contributed by atoms with E-state index in [9.17, 15) is 8.42 Å². The van der Waals surface area contributed by atoms with Gasteiger partial charge >= 0.3 is 0 Å².